The van der Waals surface area contributed by atoms with Crippen LogP contribution in [-0.2, 0) is 9.59 Å². The van der Waals surface area contributed by atoms with Crippen LogP contribution >= 0.6 is 0 Å². The Bertz CT molecular complexity index is 362. The van der Waals surface area contributed by atoms with Crippen LogP contribution < -0.4 is 5.32 Å². The summed E-state index contributed by atoms with van der Waals surface area (Å²) in [6, 6.07) is 9.23. The molecule has 0 radical (unpaired) electrons. The van der Waals surface area contributed by atoms with Gasteiger partial charge in [0.2, 0.25) is 5.91 Å². The van der Waals surface area contributed by atoms with Gasteiger partial charge in [-0.1, -0.05) is 30.3 Å². The average Bonchev–Trinajstić information content (AvgIpc) is 2.28. The molecule has 1 aromatic rings. The summed E-state index contributed by atoms with van der Waals surface area (Å²) in [7, 11) is 1.55. The summed E-state index contributed by atoms with van der Waals surface area (Å²) in [5.74, 6) is -1.30. The highest BCUT2D eigenvalue weighted by Gasteiger charge is 2.18. The molecule has 0 aliphatic rings. The third-order valence-corrected chi connectivity index (χ3v) is 2.40. The van der Waals surface area contributed by atoms with E-state index >= 15 is 0 Å². The highest BCUT2D eigenvalue weighted by molar-refractivity contribution is 5.78. The summed E-state index contributed by atoms with van der Waals surface area (Å²) < 4.78 is 0. The van der Waals surface area contributed by atoms with Crippen LogP contribution in [0.4, 0.5) is 0 Å². The maximum absolute atomic E-state index is 11.3. The molecule has 1 atom stereocenters. The van der Waals surface area contributed by atoms with Crippen molar-refractivity contribution < 1.29 is 14.7 Å². The van der Waals surface area contributed by atoms with Crippen molar-refractivity contribution in [1.82, 2.24) is 5.32 Å². The number of hydrogen-bond acceptors (Lipinski definition) is 2. The van der Waals surface area contributed by atoms with Crippen molar-refractivity contribution in [3.63, 3.8) is 0 Å². The zero-order chi connectivity index (χ0) is 12.0. The molecule has 0 aromatic heterocycles. The summed E-state index contributed by atoms with van der Waals surface area (Å²) in [5, 5.41) is 11.3. The lowest BCUT2D eigenvalue weighted by Crippen LogP contribution is -2.21. The fourth-order valence-corrected chi connectivity index (χ4v) is 1.57. The molecule has 0 fully saturated rings. The van der Waals surface area contributed by atoms with Gasteiger partial charge in [-0.3, -0.25) is 9.59 Å². The Hall–Kier alpha value is -1.84. The molecule has 1 aromatic carbocycles. The minimum absolute atomic E-state index is 0.0303. The summed E-state index contributed by atoms with van der Waals surface area (Å²) in [4.78, 5) is 22.0. The zero-order valence-electron chi connectivity index (χ0n) is 9.14. The van der Waals surface area contributed by atoms with Gasteiger partial charge in [0.1, 0.15) is 0 Å². The lowest BCUT2D eigenvalue weighted by atomic mass is 9.92. The Kier molecular flexibility index (Phi) is 4.51. The van der Waals surface area contributed by atoms with Crippen LogP contribution in [0.25, 0.3) is 0 Å². The van der Waals surface area contributed by atoms with E-state index in [1.807, 2.05) is 30.3 Å². The summed E-state index contributed by atoms with van der Waals surface area (Å²) in [6.45, 7) is 0. The number of hydrogen-bond donors (Lipinski definition) is 2. The molecule has 0 heterocycles. The first-order valence-corrected chi connectivity index (χ1v) is 5.10. The van der Waals surface area contributed by atoms with Gasteiger partial charge >= 0.3 is 5.97 Å². The second-order valence-corrected chi connectivity index (χ2v) is 3.58. The number of amides is 1. The molecule has 0 unspecified atom stereocenters. The monoisotopic (exact) mass is 221 g/mol. The van der Waals surface area contributed by atoms with Crippen molar-refractivity contribution in [3.8, 4) is 0 Å². The van der Waals surface area contributed by atoms with Gasteiger partial charge in [-0.15, -0.1) is 0 Å². The molecule has 0 aliphatic heterocycles. The molecular formula is C12H15NO3. The lowest BCUT2D eigenvalue weighted by molar-refractivity contribution is -0.137. The molecule has 0 bridgehead atoms. The van der Waals surface area contributed by atoms with E-state index in [0.717, 1.165) is 5.56 Å². The molecule has 1 amide bonds. The van der Waals surface area contributed by atoms with E-state index in [4.69, 9.17) is 5.11 Å². The topological polar surface area (TPSA) is 66.4 Å². The van der Waals surface area contributed by atoms with E-state index in [1.165, 1.54) is 0 Å². The van der Waals surface area contributed by atoms with E-state index in [0.29, 0.717) is 0 Å². The van der Waals surface area contributed by atoms with Gasteiger partial charge in [0.05, 0.1) is 6.42 Å². The minimum atomic E-state index is -0.891. The number of benzene rings is 1. The van der Waals surface area contributed by atoms with E-state index in [-0.39, 0.29) is 24.7 Å². The van der Waals surface area contributed by atoms with Crippen LogP contribution in [0.5, 0.6) is 0 Å². The number of carboxylic acids is 1. The van der Waals surface area contributed by atoms with Gasteiger partial charge in [-0.2, -0.15) is 0 Å². The molecule has 0 saturated heterocycles. The summed E-state index contributed by atoms with van der Waals surface area (Å²) >= 11 is 0. The van der Waals surface area contributed by atoms with E-state index in [1.54, 1.807) is 7.05 Å². The van der Waals surface area contributed by atoms with Crippen molar-refractivity contribution >= 4 is 11.9 Å². The second kappa shape index (κ2) is 5.90. The van der Waals surface area contributed by atoms with Crippen LogP contribution in [0.3, 0.4) is 0 Å². The number of nitrogens with one attached hydrogen (secondary N) is 1. The van der Waals surface area contributed by atoms with Gasteiger partial charge in [0.15, 0.2) is 0 Å². The SMILES string of the molecule is CNC(=O)C[C@H](CC(=O)O)c1ccccc1. The van der Waals surface area contributed by atoms with E-state index in [9.17, 15) is 9.59 Å². The normalized spacial score (nSPS) is 11.8. The first kappa shape index (κ1) is 12.2. The summed E-state index contributed by atoms with van der Waals surface area (Å²) in [5.41, 5.74) is 0.883. The Morgan fingerprint density at radius 2 is 1.88 bits per heavy atom. The van der Waals surface area contributed by atoms with Crippen molar-refractivity contribution in [3.05, 3.63) is 35.9 Å². The van der Waals surface area contributed by atoms with Crippen LogP contribution in [0.15, 0.2) is 30.3 Å². The first-order chi connectivity index (χ1) is 7.63. The number of aliphatic carboxylic acids is 1. The van der Waals surface area contributed by atoms with Gasteiger partial charge in [-0.05, 0) is 5.56 Å². The Morgan fingerprint density at radius 3 is 2.38 bits per heavy atom. The van der Waals surface area contributed by atoms with Crippen LogP contribution in [0.2, 0.25) is 0 Å². The average molecular weight is 221 g/mol. The number of carbonyl (C=O) groups is 2. The highest BCUT2D eigenvalue weighted by Crippen LogP contribution is 2.23. The minimum Gasteiger partial charge on any atom is -0.481 e. The molecule has 0 saturated carbocycles. The smallest absolute Gasteiger partial charge is 0.303 e. The predicted octanol–water partition coefficient (Wildman–Crippen LogP) is 1.38. The van der Waals surface area contributed by atoms with Gasteiger partial charge in [0, 0.05) is 19.4 Å². The summed E-state index contributed by atoms with van der Waals surface area (Å²) in [6.07, 6.45) is 0.171. The van der Waals surface area contributed by atoms with Gasteiger partial charge < -0.3 is 10.4 Å². The molecular weight excluding hydrogens is 206 g/mol. The lowest BCUT2D eigenvalue weighted by Gasteiger charge is -2.14. The van der Waals surface area contributed by atoms with Crippen molar-refractivity contribution in [1.29, 1.82) is 0 Å². The zero-order valence-corrected chi connectivity index (χ0v) is 9.14. The molecule has 4 nitrogen and oxygen atoms in total. The second-order valence-electron chi connectivity index (χ2n) is 3.58. The third-order valence-electron chi connectivity index (χ3n) is 2.40. The number of rotatable bonds is 5. The predicted molar refractivity (Wildman–Crippen MR) is 60.1 cm³/mol. The maximum Gasteiger partial charge on any atom is 0.303 e. The largest absolute Gasteiger partial charge is 0.481 e. The quantitative estimate of drug-likeness (QED) is 0.789. The molecule has 0 spiro atoms. The maximum atomic E-state index is 11.3. The van der Waals surface area contributed by atoms with Gasteiger partial charge in [0.25, 0.3) is 0 Å². The molecule has 86 valence electrons. The highest BCUT2D eigenvalue weighted by atomic mass is 16.4. The fourth-order valence-electron chi connectivity index (χ4n) is 1.57. The first-order valence-electron chi connectivity index (χ1n) is 5.10. The Balaban J connectivity index is 2.79. The number of carbonyl (C=O) groups excluding carboxylic acids is 1. The molecule has 16 heavy (non-hydrogen) atoms. The van der Waals surface area contributed by atoms with Gasteiger partial charge in [-0.25, -0.2) is 0 Å². The Morgan fingerprint density at radius 1 is 1.25 bits per heavy atom. The fraction of sp³-hybridized carbons (Fsp3) is 0.333. The molecule has 4 heteroatoms. The van der Waals surface area contributed by atoms with Crippen LogP contribution in [0.1, 0.15) is 24.3 Å². The standard InChI is InChI=1S/C12H15NO3/c1-13-11(14)7-10(8-12(15)16)9-5-3-2-4-6-9/h2-6,10H,7-8H2,1H3,(H,13,14)(H,15,16)/t10-/m1/s1. The van der Waals surface area contributed by atoms with Crippen molar-refractivity contribution in [2.24, 2.45) is 0 Å². The van der Waals surface area contributed by atoms with Crippen LogP contribution in [0, 0.1) is 0 Å². The van der Waals surface area contributed by atoms with Crippen LogP contribution in [-0.4, -0.2) is 24.0 Å². The molecule has 1 rings (SSSR count). The van der Waals surface area contributed by atoms with Crippen molar-refractivity contribution in [2.45, 2.75) is 18.8 Å². The van der Waals surface area contributed by atoms with Crippen molar-refractivity contribution in [2.75, 3.05) is 7.05 Å². The number of carboxylic acid groups (broad SMARTS) is 1. The third kappa shape index (κ3) is 3.73. The van der Waals surface area contributed by atoms with E-state index < -0.39 is 5.97 Å². The molecule has 0 aliphatic carbocycles. The van der Waals surface area contributed by atoms with E-state index in [2.05, 4.69) is 5.32 Å². The molecule has 2 N–H and O–H groups in total. The Labute approximate surface area is 94.3 Å².